The normalized spacial score (nSPS) is 32.1. The summed E-state index contributed by atoms with van der Waals surface area (Å²) >= 11 is 0. The Bertz CT molecular complexity index is 468. The number of nitrogens with zero attached hydrogens (tertiary/aromatic N) is 1. The molecule has 0 amide bonds. The molecule has 102 valence electrons. The second kappa shape index (κ2) is 4.81. The van der Waals surface area contributed by atoms with Crippen LogP contribution < -0.4 is 5.32 Å². The molecule has 2 saturated carbocycles. The number of rotatable bonds is 3. The number of fused-ring (bicyclic) bond motifs is 3. The van der Waals surface area contributed by atoms with Gasteiger partial charge >= 0.3 is 0 Å². The first-order chi connectivity index (χ1) is 9.38. The van der Waals surface area contributed by atoms with E-state index in [1.54, 1.807) is 0 Å². The zero-order valence-corrected chi connectivity index (χ0v) is 11.7. The van der Waals surface area contributed by atoms with Crippen LogP contribution in [0.5, 0.6) is 0 Å². The Labute approximate surface area is 116 Å². The number of hydrogen-bond acceptors (Lipinski definition) is 2. The van der Waals surface area contributed by atoms with Crippen LogP contribution in [0.15, 0.2) is 12.1 Å². The summed E-state index contributed by atoms with van der Waals surface area (Å²) < 4.78 is 0. The van der Waals surface area contributed by atoms with Gasteiger partial charge in [-0.25, -0.2) is 4.98 Å². The van der Waals surface area contributed by atoms with Crippen molar-refractivity contribution in [3.8, 4) is 0 Å². The van der Waals surface area contributed by atoms with Crippen molar-refractivity contribution >= 4 is 5.82 Å². The van der Waals surface area contributed by atoms with E-state index < -0.39 is 0 Å². The number of aryl methyl sites for hydroxylation is 2. The highest BCUT2D eigenvalue weighted by atomic mass is 15.0. The summed E-state index contributed by atoms with van der Waals surface area (Å²) in [5.41, 5.74) is 2.71. The van der Waals surface area contributed by atoms with Gasteiger partial charge in [0.2, 0.25) is 0 Å². The Morgan fingerprint density at radius 3 is 3.05 bits per heavy atom. The van der Waals surface area contributed by atoms with Gasteiger partial charge in [-0.2, -0.15) is 0 Å². The first-order valence-electron chi connectivity index (χ1n) is 8.11. The number of nitrogens with one attached hydrogen (secondary N) is 1. The van der Waals surface area contributed by atoms with Gasteiger partial charge < -0.3 is 5.32 Å². The van der Waals surface area contributed by atoms with Crippen LogP contribution in [0.3, 0.4) is 0 Å². The van der Waals surface area contributed by atoms with Crippen LogP contribution in [0, 0.1) is 17.8 Å². The van der Waals surface area contributed by atoms with Gasteiger partial charge in [-0.1, -0.05) is 12.5 Å². The van der Waals surface area contributed by atoms with E-state index in [1.807, 2.05) is 0 Å². The van der Waals surface area contributed by atoms with Gasteiger partial charge in [0.25, 0.3) is 0 Å². The quantitative estimate of drug-likeness (QED) is 0.889. The number of anilines is 1. The minimum atomic E-state index is 1.00. The third-order valence-corrected chi connectivity index (χ3v) is 5.61. The van der Waals surface area contributed by atoms with Gasteiger partial charge in [0.05, 0.1) is 0 Å². The monoisotopic (exact) mass is 256 g/mol. The summed E-state index contributed by atoms with van der Waals surface area (Å²) in [7, 11) is 0. The summed E-state index contributed by atoms with van der Waals surface area (Å²) in [6, 6.07) is 4.56. The van der Waals surface area contributed by atoms with E-state index in [9.17, 15) is 0 Å². The number of hydrogen-bond donors (Lipinski definition) is 1. The van der Waals surface area contributed by atoms with E-state index in [2.05, 4.69) is 17.4 Å². The molecule has 2 heterocycles. The van der Waals surface area contributed by atoms with Crippen molar-refractivity contribution in [2.24, 2.45) is 17.8 Å². The maximum absolute atomic E-state index is 4.83. The van der Waals surface area contributed by atoms with Crippen LogP contribution in [-0.2, 0) is 12.8 Å². The van der Waals surface area contributed by atoms with E-state index in [1.165, 1.54) is 62.6 Å². The van der Waals surface area contributed by atoms with Crippen LogP contribution in [0.25, 0.3) is 0 Å². The third kappa shape index (κ3) is 2.26. The van der Waals surface area contributed by atoms with E-state index >= 15 is 0 Å². The standard InChI is InChI=1S/C17H24N2/c1-2-13-5-7-16(19-17(13)18-9-1)8-6-15-11-12-3-4-14(15)10-12/h5,7,12,14-15H,1-4,6,8-11H2,(H,18,19). The summed E-state index contributed by atoms with van der Waals surface area (Å²) in [4.78, 5) is 4.83. The largest absolute Gasteiger partial charge is 0.370 e. The van der Waals surface area contributed by atoms with Crippen LogP contribution in [0.2, 0.25) is 0 Å². The Hall–Kier alpha value is -1.05. The maximum atomic E-state index is 4.83. The minimum absolute atomic E-state index is 1.00. The molecule has 2 aliphatic carbocycles. The van der Waals surface area contributed by atoms with Crippen molar-refractivity contribution in [2.75, 3.05) is 11.9 Å². The molecule has 0 radical (unpaired) electrons. The van der Waals surface area contributed by atoms with E-state index in [0.717, 1.165) is 30.1 Å². The lowest BCUT2D eigenvalue weighted by Crippen LogP contribution is -2.15. The zero-order valence-electron chi connectivity index (χ0n) is 11.7. The van der Waals surface area contributed by atoms with Gasteiger partial charge in [-0.05, 0) is 74.3 Å². The molecule has 2 heteroatoms. The molecule has 3 unspecified atom stereocenters. The Balaban J connectivity index is 1.40. The van der Waals surface area contributed by atoms with Gasteiger partial charge in [0.15, 0.2) is 0 Å². The van der Waals surface area contributed by atoms with Crippen molar-refractivity contribution in [1.29, 1.82) is 0 Å². The lowest BCUT2D eigenvalue weighted by molar-refractivity contribution is 0.314. The molecule has 1 aromatic rings. The molecule has 1 aliphatic heterocycles. The molecule has 2 nitrogen and oxygen atoms in total. The molecule has 2 bridgehead atoms. The van der Waals surface area contributed by atoms with Crippen molar-refractivity contribution in [2.45, 2.75) is 51.4 Å². The first-order valence-corrected chi connectivity index (χ1v) is 8.11. The molecule has 1 aromatic heterocycles. The molecule has 4 rings (SSSR count). The number of aromatic nitrogens is 1. The minimum Gasteiger partial charge on any atom is -0.370 e. The van der Waals surface area contributed by atoms with Crippen molar-refractivity contribution in [3.05, 3.63) is 23.4 Å². The van der Waals surface area contributed by atoms with Crippen molar-refractivity contribution < 1.29 is 0 Å². The van der Waals surface area contributed by atoms with E-state index in [0.29, 0.717) is 0 Å². The van der Waals surface area contributed by atoms with Gasteiger partial charge in [-0.3, -0.25) is 0 Å². The fourth-order valence-electron chi connectivity index (χ4n) is 4.57. The molecular formula is C17H24N2. The second-order valence-corrected chi connectivity index (χ2v) is 6.81. The van der Waals surface area contributed by atoms with E-state index in [-0.39, 0.29) is 0 Å². The second-order valence-electron chi connectivity index (χ2n) is 6.81. The van der Waals surface area contributed by atoms with E-state index in [4.69, 9.17) is 4.98 Å². The third-order valence-electron chi connectivity index (χ3n) is 5.61. The van der Waals surface area contributed by atoms with Crippen LogP contribution >= 0.6 is 0 Å². The summed E-state index contributed by atoms with van der Waals surface area (Å²) in [6.45, 7) is 1.09. The smallest absolute Gasteiger partial charge is 0.129 e. The van der Waals surface area contributed by atoms with Crippen LogP contribution in [-0.4, -0.2) is 11.5 Å². The topological polar surface area (TPSA) is 24.9 Å². The lowest BCUT2D eigenvalue weighted by Gasteiger charge is -2.22. The molecule has 3 atom stereocenters. The summed E-state index contributed by atoms with van der Waals surface area (Å²) in [5.74, 6) is 4.30. The van der Waals surface area contributed by atoms with Gasteiger partial charge in [-0.15, -0.1) is 0 Å². The lowest BCUT2D eigenvalue weighted by atomic mass is 9.85. The predicted molar refractivity (Wildman–Crippen MR) is 78.3 cm³/mol. The molecular weight excluding hydrogens is 232 g/mol. The van der Waals surface area contributed by atoms with Gasteiger partial charge in [0.1, 0.15) is 5.82 Å². The summed E-state index contributed by atoms with van der Waals surface area (Å²) in [6.07, 6.45) is 11.1. The maximum Gasteiger partial charge on any atom is 0.129 e. The highest BCUT2D eigenvalue weighted by Gasteiger charge is 2.38. The molecule has 0 saturated heterocycles. The Morgan fingerprint density at radius 1 is 1.21 bits per heavy atom. The number of pyridine rings is 1. The highest BCUT2D eigenvalue weighted by Crippen LogP contribution is 2.49. The SMILES string of the molecule is c1cc2c(nc1CCC1CC3CCC1C3)NCCC2. The molecule has 0 spiro atoms. The van der Waals surface area contributed by atoms with Gasteiger partial charge in [0, 0.05) is 12.2 Å². The Morgan fingerprint density at radius 2 is 2.21 bits per heavy atom. The molecule has 2 fully saturated rings. The van der Waals surface area contributed by atoms with Crippen LogP contribution in [0.1, 0.15) is 49.8 Å². The zero-order chi connectivity index (χ0) is 12.7. The van der Waals surface area contributed by atoms with Crippen LogP contribution in [0.4, 0.5) is 5.82 Å². The average molecular weight is 256 g/mol. The highest BCUT2D eigenvalue weighted by molar-refractivity contribution is 5.46. The van der Waals surface area contributed by atoms with Crippen molar-refractivity contribution in [3.63, 3.8) is 0 Å². The fraction of sp³-hybridized carbons (Fsp3) is 0.706. The molecule has 1 N–H and O–H groups in total. The molecule has 0 aromatic carbocycles. The summed E-state index contributed by atoms with van der Waals surface area (Å²) in [5, 5.41) is 3.45. The average Bonchev–Trinajstić information content (AvgIpc) is 3.07. The molecule has 19 heavy (non-hydrogen) atoms. The Kier molecular flexibility index (Phi) is 2.97. The first kappa shape index (κ1) is 11.7. The van der Waals surface area contributed by atoms with Crippen molar-refractivity contribution in [1.82, 2.24) is 4.98 Å². The fourth-order valence-corrected chi connectivity index (χ4v) is 4.57. The predicted octanol–water partition coefficient (Wildman–Crippen LogP) is 3.81. The molecule has 3 aliphatic rings.